The number of carbonyl (C=O) groups excluding carboxylic acids is 1. The molecule has 0 heterocycles. The molecular formula is C30H42O8S. The molecule has 2 rings (SSSR count). The Bertz CT molecular complexity index is 989. The van der Waals surface area contributed by atoms with Crippen molar-refractivity contribution in [2.75, 3.05) is 52.9 Å². The average molecular weight is 563 g/mol. The summed E-state index contributed by atoms with van der Waals surface area (Å²) in [7, 11) is 0. The second-order valence-electron chi connectivity index (χ2n) is 9.83. The molecule has 9 heteroatoms. The summed E-state index contributed by atoms with van der Waals surface area (Å²) >= 11 is 1.70. The highest BCUT2D eigenvalue weighted by Gasteiger charge is 2.15. The maximum atomic E-state index is 11.6. The molecule has 216 valence electrons. The first-order chi connectivity index (χ1) is 18.7. The van der Waals surface area contributed by atoms with E-state index in [1.165, 1.54) is 5.56 Å². The van der Waals surface area contributed by atoms with Crippen LogP contribution in [0, 0.1) is 0 Å². The van der Waals surface area contributed by atoms with Gasteiger partial charge in [-0.2, -0.15) is 0 Å². The van der Waals surface area contributed by atoms with Gasteiger partial charge in [0, 0.05) is 17.3 Å². The zero-order chi connectivity index (χ0) is 28.3. The first-order valence-corrected chi connectivity index (χ1v) is 14.3. The number of rotatable bonds is 20. The molecule has 0 saturated carbocycles. The summed E-state index contributed by atoms with van der Waals surface area (Å²) in [5.41, 5.74) is 2.09. The topological polar surface area (TPSA) is 101 Å². The van der Waals surface area contributed by atoms with Crippen molar-refractivity contribution in [1.29, 1.82) is 0 Å². The van der Waals surface area contributed by atoms with Crippen LogP contribution in [0.5, 0.6) is 0 Å². The number of ether oxygens (including phenoxy) is 5. The van der Waals surface area contributed by atoms with Crippen LogP contribution in [-0.4, -0.2) is 75.5 Å². The number of aryl methyl sites for hydroxylation is 1. The van der Waals surface area contributed by atoms with Crippen molar-refractivity contribution >= 4 is 23.7 Å². The molecule has 0 fully saturated rings. The number of hydrogen-bond donors (Lipinski definition) is 1. The van der Waals surface area contributed by atoms with Crippen LogP contribution in [0.4, 0.5) is 0 Å². The molecule has 0 atom stereocenters. The van der Waals surface area contributed by atoms with Crippen LogP contribution >= 0.6 is 11.8 Å². The van der Waals surface area contributed by atoms with E-state index >= 15 is 0 Å². The van der Waals surface area contributed by atoms with Gasteiger partial charge in [0.15, 0.2) is 0 Å². The highest BCUT2D eigenvalue weighted by molar-refractivity contribution is 7.98. The fourth-order valence-electron chi connectivity index (χ4n) is 3.44. The molecule has 39 heavy (non-hydrogen) atoms. The lowest BCUT2D eigenvalue weighted by Crippen LogP contribution is -2.24. The predicted octanol–water partition coefficient (Wildman–Crippen LogP) is 5.41. The Balaban J connectivity index is 1.42. The third kappa shape index (κ3) is 16.3. The summed E-state index contributed by atoms with van der Waals surface area (Å²) in [5.74, 6) is -0.441. The van der Waals surface area contributed by atoms with Crippen molar-refractivity contribution in [3.8, 4) is 0 Å². The van der Waals surface area contributed by atoms with Gasteiger partial charge in [-0.25, -0.2) is 4.79 Å². The summed E-state index contributed by atoms with van der Waals surface area (Å²) < 4.78 is 27.2. The fraction of sp³-hybridized carbons (Fsp3) is 0.533. The molecule has 0 spiro atoms. The Morgan fingerprint density at radius 1 is 0.769 bits per heavy atom. The van der Waals surface area contributed by atoms with Gasteiger partial charge < -0.3 is 28.8 Å². The summed E-state index contributed by atoms with van der Waals surface area (Å²) in [6, 6.07) is 15.5. The summed E-state index contributed by atoms with van der Waals surface area (Å²) in [4.78, 5) is 23.9. The van der Waals surface area contributed by atoms with Crippen molar-refractivity contribution in [3.63, 3.8) is 0 Å². The Kier molecular flexibility index (Phi) is 15.8. The van der Waals surface area contributed by atoms with Gasteiger partial charge in [-0.1, -0.05) is 24.3 Å². The van der Waals surface area contributed by atoms with E-state index in [0.29, 0.717) is 58.4 Å². The highest BCUT2D eigenvalue weighted by atomic mass is 32.2. The average Bonchev–Trinajstić information content (AvgIpc) is 2.89. The van der Waals surface area contributed by atoms with Gasteiger partial charge in [0.05, 0.1) is 58.2 Å². The molecule has 1 N–H and O–H groups in total. The van der Waals surface area contributed by atoms with E-state index in [2.05, 4.69) is 24.3 Å². The molecule has 0 radical (unpaired) electrons. The monoisotopic (exact) mass is 562 g/mol. The quantitative estimate of drug-likeness (QED) is 0.129. The predicted molar refractivity (Wildman–Crippen MR) is 151 cm³/mol. The number of thioether (sulfide) groups is 1. The van der Waals surface area contributed by atoms with Crippen molar-refractivity contribution in [3.05, 3.63) is 65.2 Å². The largest absolute Gasteiger partial charge is 0.478 e. The van der Waals surface area contributed by atoms with Crippen LogP contribution in [0.1, 0.15) is 55.1 Å². The number of carboxylic acids is 1. The van der Waals surface area contributed by atoms with Crippen molar-refractivity contribution in [2.24, 2.45) is 0 Å². The molecule has 0 saturated heterocycles. The Morgan fingerprint density at radius 2 is 1.36 bits per heavy atom. The number of benzene rings is 2. The Hall–Kier alpha value is -2.43. The molecule has 0 aliphatic carbocycles. The molecular weight excluding hydrogens is 520 g/mol. The normalized spacial score (nSPS) is 11.5. The smallest absolute Gasteiger partial charge is 0.335 e. The lowest BCUT2D eigenvalue weighted by Gasteiger charge is -2.19. The molecule has 0 aromatic heterocycles. The zero-order valence-corrected chi connectivity index (χ0v) is 24.1. The molecule has 0 aliphatic rings. The van der Waals surface area contributed by atoms with Crippen LogP contribution < -0.4 is 0 Å². The maximum Gasteiger partial charge on any atom is 0.335 e. The van der Waals surface area contributed by atoms with E-state index in [1.807, 2.05) is 26.8 Å². The lowest BCUT2D eigenvalue weighted by molar-refractivity contribution is -0.156. The van der Waals surface area contributed by atoms with Crippen LogP contribution in [-0.2, 0) is 40.7 Å². The number of aromatic carboxylic acids is 1. The number of carbonyl (C=O) groups is 2. The molecule has 0 unspecified atom stereocenters. The van der Waals surface area contributed by atoms with Crippen LogP contribution in [0.2, 0.25) is 0 Å². The first kappa shape index (κ1) is 32.8. The van der Waals surface area contributed by atoms with Crippen LogP contribution in [0.25, 0.3) is 0 Å². The van der Waals surface area contributed by atoms with E-state index in [0.717, 1.165) is 29.1 Å². The first-order valence-electron chi connectivity index (χ1n) is 13.3. The van der Waals surface area contributed by atoms with Crippen molar-refractivity contribution in [2.45, 2.75) is 56.3 Å². The molecule has 0 bridgehead atoms. The second kappa shape index (κ2) is 18.8. The Labute approximate surface area is 236 Å². The van der Waals surface area contributed by atoms with Gasteiger partial charge in [-0.15, -0.1) is 11.8 Å². The van der Waals surface area contributed by atoms with E-state index < -0.39 is 11.6 Å². The number of carboxylic acid groups (broad SMARTS) is 1. The number of esters is 1. The second-order valence-corrected chi connectivity index (χ2v) is 10.9. The lowest BCUT2D eigenvalue weighted by atomic mass is 10.1. The Morgan fingerprint density at radius 3 is 2.00 bits per heavy atom. The maximum absolute atomic E-state index is 11.6. The van der Waals surface area contributed by atoms with E-state index in [-0.39, 0.29) is 12.4 Å². The zero-order valence-electron chi connectivity index (χ0n) is 23.3. The van der Waals surface area contributed by atoms with Gasteiger partial charge >= 0.3 is 11.9 Å². The van der Waals surface area contributed by atoms with Gasteiger partial charge in [0.2, 0.25) is 0 Å². The van der Waals surface area contributed by atoms with Gasteiger partial charge in [-0.05, 0) is 69.0 Å². The van der Waals surface area contributed by atoms with Gasteiger partial charge in [-0.3, -0.25) is 4.79 Å². The third-order valence-corrected chi connectivity index (χ3v) is 6.28. The van der Waals surface area contributed by atoms with E-state index in [4.69, 9.17) is 28.8 Å². The molecule has 0 amide bonds. The van der Waals surface area contributed by atoms with E-state index in [1.54, 1.807) is 30.0 Å². The minimum absolute atomic E-state index is 0.235. The number of hydrogen-bond acceptors (Lipinski definition) is 8. The molecule has 2 aromatic rings. The van der Waals surface area contributed by atoms with Crippen molar-refractivity contribution in [1.82, 2.24) is 0 Å². The van der Waals surface area contributed by atoms with Gasteiger partial charge in [0.25, 0.3) is 0 Å². The standard InChI is InChI=1S/C30H42O8S/c1-30(2,3)38-28(31)12-14-35-16-18-37-20-19-36-17-15-34-13-6-9-24-7-5-11-27(22-24)39-23-25-8-4-10-26(21-25)29(32)33/h4-5,7-8,10-11,21-22H,6,9,12-20,23H2,1-3H3,(H,32,33). The minimum atomic E-state index is -0.904. The highest BCUT2D eigenvalue weighted by Crippen LogP contribution is 2.24. The third-order valence-electron chi connectivity index (χ3n) is 5.22. The van der Waals surface area contributed by atoms with Crippen LogP contribution in [0.3, 0.4) is 0 Å². The molecule has 8 nitrogen and oxygen atoms in total. The summed E-state index contributed by atoms with van der Waals surface area (Å²) in [6.07, 6.45) is 2.09. The minimum Gasteiger partial charge on any atom is -0.478 e. The summed E-state index contributed by atoms with van der Waals surface area (Å²) in [6.45, 7) is 9.41. The molecule has 2 aromatic carbocycles. The van der Waals surface area contributed by atoms with Crippen LogP contribution in [0.15, 0.2) is 53.4 Å². The fourth-order valence-corrected chi connectivity index (χ4v) is 4.36. The van der Waals surface area contributed by atoms with Gasteiger partial charge in [0.1, 0.15) is 5.60 Å². The van der Waals surface area contributed by atoms with E-state index in [9.17, 15) is 9.59 Å². The molecule has 0 aliphatic heterocycles. The van der Waals surface area contributed by atoms with Crippen molar-refractivity contribution < 1.29 is 38.4 Å². The SMILES string of the molecule is CC(C)(C)OC(=O)CCOCCOCCOCCOCCCc1cccc(SCc2cccc(C(=O)O)c2)c1. The summed E-state index contributed by atoms with van der Waals surface area (Å²) in [5, 5.41) is 9.15.